The highest BCUT2D eigenvalue weighted by molar-refractivity contribution is 5.94. The monoisotopic (exact) mass is 316 g/mol. The van der Waals surface area contributed by atoms with Gasteiger partial charge in [0.15, 0.2) is 0 Å². The Morgan fingerprint density at radius 1 is 1.39 bits per heavy atom. The second kappa shape index (κ2) is 6.94. The fraction of sp³-hybridized carbons (Fsp3) is 0.444. The molecular formula is C18H21FN2O2. The van der Waals surface area contributed by atoms with Crippen LogP contribution in [0, 0.1) is 18.7 Å². The summed E-state index contributed by atoms with van der Waals surface area (Å²) < 4.78 is 17.9. The molecule has 2 aromatic rings. The molecule has 23 heavy (non-hydrogen) atoms. The zero-order valence-corrected chi connectivity index (χ0v) is 13.3. The highest BCUT2D eigenvalue weighted by Gasteiger charge is 2.26. The maximum Gasteiger partial charge on any atom is 0.259 e. The largest absolute Gasteiger partial charge is 0.361 e. The molecule has 1 unspecified atom stereocenters. The van der Waals surface area contributed by atoms with Gasteiger partial charge in [0.25, 0.3) is 5.91 Å². The van der Waals surface area contributed by atoms with Crippen LogP contribution in [0.4, 0.5) is 4.39 Å². The number of rotatable bonds is 4. The Hall–Kier alpha value is -2.17. The van der Waals surface area contributed by atoms with E-state index in [1.165, 1.54) is 18.3 Å². The molecule has 2 heterocycles. The third-order valence-electron chi connectivity index (χ3n) is 4.54. The Bertz CT molecular complexity index is 666. The number of halogens is 1. The molecule has 0 radical (unpaired) electrons. The van der Waals surface area contributed by atoms with Crippen molar-refractivity contribution in [1.82, 2.24) is 10.1 Å². The summed E-state index contributed by atoms with van der Waals surface area (Å²) in [5.41, 5.74) is 1.70. The number of piperidine rings is 1. The zero-order valence-electron chi connectivity index (χ0n) is 13.3. The number of aromatic nitrogens is 1. The van der Waals surface area contributed by atoms with E-state index in [2.05, 4.69) is 5.16 Å². The average Bonchev–Trinajstić information content (AvgIpc) is 3.00. The Labute approximate surface area is 135 Å². The highest BCUT2D eigenvalue weighted by atomic mass is 19.1. The quantitative estimate of drug-likeness (QED) is 0.865. The lowest BCUT2D eigenvalue weighted by Gasteiger charge is -2.32. The van der Waals surface area contributed by atoms with Crippen molar-refractivity contribution in [1.29, 1.82) is 0 Å². The maximum atomic E-state index is 12.9. The van der Waals surface area contributed by atoms with Crippen molar-refractivity contribution in [3.05, 3.63) is 53.2 Å². The van der Waals surface area contributed by atoms with Crippen molar-refractivity contribution in [2.75, 3.05) is 13.1 Å². The molecule has 0 saturated carbocycles. The second-order valence-electron chi connectivity index (χ2n) is 6.22. The van der Waals surface area contributed by atoms with E-state index in [9.17, 15) is 9.18 Å². The Morgan fingerprint density at radius 2 is 2.17 bits per heavy atom. The van der Waals surface area contributed by atoms with Gasteiger partial charge in [-0.1, -0.05) is 17.3 Å². The van der Waals surface area contributed by atoms with Crippen molar-refractivity contribution in [2.24, 2.45) is 5.92 Å². The summed E-state index contributed by atoms with van der Waals surface area (Å²) in [6.45, 7) is 3.32. The molecule has 0 N–H and O–H groups in total. The first-order valence-electron chi connectivity index (χ1n) is 8.08. The molecule has 1 atom stereocenters. The third kappa shape index (κ3) is 3.78. The summed E-state index contributed by atoms with van der Waals surface area (Å²) >= 11 is 0. The Kier molecular flexibility index (Phi) is 4.74. The normalized spacial score (nSPS) is 18.2. The van der Waals surface area contributed by atoms with Crippen molar-refractivity contribution in [3.8, 4) is 0 Å². The lowest BCUT2D eigenvalue weighted by atomic mass is 9.91. The van der Waals surface area contributed by atoms with Gasteiger partial charge in [-0.15, -0.1) is 0 Å². The van der Waals surface area contributed by atoms with E-state index in [-0.39, 0.29) is 11.7 Å². The number of carbonyl (C=O) groups excluding carboxylic acids is 1. The van der Waals surface area contributed by atoms with Crippen LogP contribution >= 0.6 is 0 Å². The van der Waals surface area contributed by atoms with E-state index >= 15 is 0 Å². The van der Waals surface area contributed by atoms with Crippen LogP contribution in [0.1, 0.15) is 40.9 Å². The fourth-order valence-electron chi connectivity index (χ4n) is 3.18. The van der Waals surface area contributed by atoms with Crippen LogP contribution in [-0.4, -0.2) is 29.1 Å². The Balaban J connectivity index is 1.57. The number of aryl methyl sites for hydroxylation is 2. The van der Waals surface area contributed by atoms with E-state index in [1.807, 2.05) is 17.0 Å². The molecule has 1 aromatic heterocycles. The van der Waals surface area contributed by atoms with Gasteiger partial charge in [-0.25, -0.2) is 4.39 Å². The van der Waals surface area contributed by atoms with Gasteiger partial charge in [-0.05, 0) is 56.2 Å². The summed E-state index contributed by atoms with van der Waals surface area (Å²) in [4.78, 5) is 14.4. The minimum absolute atomic E-state index is 0.00947. The SMILES string of the molecule is Cc1oncc1C(=O)N1CCCC(CCc2ccc(F)cc2)C1. The zero-order chi connectivity index (χ0) is 16.2. The molecule has 0 spiro atoms. The molecule has 3 rings (SSSR count). The molecule has 1 saturated heterocycles. The Morgan fingerprint density at radius 3 is 2.87 bits per heavy atom. The smallest absolute Gasteiger partial charge is 0.259 e. The molecule has 4 nitrogen and oxygen atoms in total. The summed E-state index contributed by atoms with van der Waals surface area (Å²) in [7, 11) is 0. The fourth-order valence-corrected chi connectivity index (χ4v) is 3.18. The van der Waals surface area contributed by atoms with Gasteiger partial charge >= 0.3 is 0 Å². The van der Waals surface area contributed by atoms with Crippen molar-refractivity contribution in [3.63, 3.8) is 0 Å². The van der Waals surface area contributed by atoms with Gasteiger partial charge in [0.1, 0.15) is 17.1 Å². The van der Waals surface area contributed by atoms with Crippen LogP contribution in [-0.2, 0) is 6.42 Å². The minimum atomic E-state index is -0.202. The second-order valence-corrected chi connectivity index (χ2v) is 6.22. The van der Waals surface area contributed by atoms with Gasteiger partial charge < -0.3 is 9.42 Å². The predicted molar refractivity (Wildman–Crippen MR) is 84.6 cm³/mol. The molecule has 1 aliphatic heterocycles. The van der Waals surface area contributed by atoms with Crippen LogP contribution in [0.5, 0.6) is 0 Å². The lowest BCUT2D eigenvalue weighted by Crippen LogP contribution is -2.40. The van der Waals surface area contributed by atoms with Crippen molar-refractivity contribution in [2.45, 2.75) is 32.6 Å². The molecule has 0 bridgehead atoms. The number of benzene rings is 1. The maximum absolute atomic E-state index is 12.9. The molecule has 0 aliphatic carbocycles. The van der Waals surface area contributed by atoms with E-state index in [4.69, 9.17) is 4.52 Å². The highest BCUT2D eigenvalue weighted by Crippen LogP contribution is 2.23. The molecule has 1 fully saturated rings. The topological polar surface area (TPSA) is 46.3 Å². The summed E-state index contributed by atoms with van der Waals surface area (Å²) in [5.74, 6) is 0.865. The number of hydrogen-bond donors (Lipinski definition) is 0. The van der Waals surface area contributed by atoms with E-state index < -0.39 is 0 Å². The summed E-state index contributed by atoms with van der Waals surface area (Å²) in [6.07, 6.45) is 5.58. The molecule has 1 aromatic carbocycles. The number of carbonyl (C=O) groups is 1. The molecule has 122 valence electrons. The van der Waals surface area contributed by atoms with E-state index in [0.717, 1.165) is 44.3 Å². The van der Waals surface area contributed by atoms with Crippen LogP contribution in [0.2, 0.25) is 0 Å². The minimum Gasteiger partial charge on any atom is -0.361 e. The molecule has 5 heteroatoms. The van der Waals surface area contributed by atoms with Crippen LogP contribution in [0.25, 0.3) is 0 Å². The summed E-state index contributed by atoms with van der Waals surface area (Å²) in [6, 6.07) is 6.67. The van der Waals surface area contributed by atoms with Crippen LogP contribution < -0.4 is 0 Å². The summed E-state index contributed by atoms with van der Waals surface area (Å²) in [5, 5.41) is 3.69. The van der Waals surface area contributed by atoms with Crippen LogP contribution in [0.15, 0.2) is 35.0 Å². The first-order chi connectivity index (χ1) is 11.1. The molecular weight excluding hydrogens is 295 g/mol. The number of hydrogen-bond acceptors (Lipinski definition) is 3. The number of likely N-dealkylation sites (tertiary alicyclic amines) is 1. The van der Waals surface area contributed by atoms with Crippen molar-refractivity contribution < 1.29 is 13.7 Å². The van der Waals surface area contributed by atoms with E-state index in [1.54, 1.807) is 6.92 Å². The third-order valence-corrected chi connectivity index (χ3v) is 4.54. The lowest BCUT2D eigenvalue weighted by molar-refractivity contribution is 0.0666. The standard InChI is InChI=1S/C18H21FN2O2/c1-13-17(11-20-23-13)18(22)21-10-2-3-15(12-21)5-4-14-6-8-16(19)9-7-14/h6-9,11,15H,2-5,10,12H2,1H3. The number of nitrogens with zero attached hydrogens (tertiary/aromatic N) is 2. The van der Waals surface area contributed by atoms with E-state index in [0.29, 0.717) is 17.2 Å². The number of amides is 1. The average molecular weight is 316 g/mol. The van der Waals surface area contributed by atoms with Gasteiger partial charge in [0, 0.05) is 13.1 Å². The van der Waals surface area contributed by atoms with Gasteiger partial charge in [-0.3, -0.25) is 4.79 Å². The van der Waals surface area contributed by atoms with Gasteiger partial charge in [0.05, 0.1) is 6.20 Å². The van der Waals surface area contributed by atoms with Gasteiger partial charge in [0.2, 0.25) is 0 Å². The molecule has 1 amide bonds. The van der Waals surface area contributed by atoms with Crippen LogP contribution in [0.3, 0.4) is 0 Å². The van der Waals surface area contributed by atoms with Gasteiger partial charge in [-0.2, -0.15) is 0 Å². The predicted octanol–water partition coefficient (Wildman–Crippen LogP) is 3.61. The first-order valence-corrected chi connectivity index (χ1v) is 8.08. The molecule has 1 aliphatic rings. The van der Waals surface area contributed by atoms with Crippen molar-refractivity contribution >= 4 is 5.91 Å². The first kappa shape index (κ1) is 15.7.